The van der Waals surface area contributed by atoms with Crippen LogP contribution in [0.25, 0.3) is 0 Å². The van der Waals surface area contributed by atoms with Crippen molar-refractivity contribution in [2.45, 2.75) is 11.1 Å². The largest absolute Gasteiger partial charge is 0.416 e. The van der Waals surface area contributed by atoms with Gasteiger partial charge in [0.2, 0.25) is 0 Å². The van der Waals surface area contributed by atoms with Crippen LogP contribution >= 0.6 is 0 Å². The van der Waals surface area contributed by atoms with E-state index in [1.807, 2.05) is 0 Å². The third kappa shape index (κ3) is 3.30. The topological polar surface area (TPSA) is 43.4 Å². The SMILES string of the molecule is O=S(=O)(Oc1ccccc1)c1cccc(C(F)(F)F)c1. The second-order valence-electron chi connectivity index (χ2n) is 3.88. The van der Waals surface area contributed by atoms with Crippen LogP contribution in [0.2, 0.25) is 0 Å². The molecule has 0 aliphatic carbocycles. The first kappa shape index (κ1) is 14.4. The van der Waals surface area contributed by atoms with E-state index in [1.165, 1.54) is 12.1 Å². The van der Waals surface area contributed by atoms with Gasteiger partial charge in [-0.1, -0.05) is 24.3 Å². The molecule has 0 aliphatic heterocycles. The van der Waals surface area contributed by atoms with E-state index in [0.29, 0.717) is 6.07 Å². The average molecular weight is 302 g/mol. The van der Waals surface area contributed by atoms with Crippen LogP contribution in [0.1, 0.15) is 5.56 Å². The highest BCUT2D eigenvalue weighted by Gasteiger charge is 2.32. The van der Waals surface area contributed by atoms with Gasteiger partial charge in [-0.15, -0.1) is 0 Å². The van der Waals surface area contributed by atoms with E-state index in [0.717, 1.165) is 18.2 Å². The molecule has 0 aliphatic rings. The Hall–Kier alpha value is -2.02. The minimum Gasteiger partial charge on any atom is -0.379 e. The minimum absolute atomic E-state index is 0.0323. The second-order valence-corrected chi connectivity index (χ2v) is 5.42. The molecule has 0 atom stereocenters. The summed E-state index contributed by atoms with van der Waals surface area (Å²) in [5, 5.41) is 0. The van der Waals surface area contributed by atoms with Gasteiger partial charge in [-0.2, -0.15) is 21.6 Å². The molecule has 2 aromatic carbocycles. The van der Waals surface area contributed by atoms with Crippen molar-refractivity contribution in [2.75, 3.05) is 0 Å². The Morgan fingerprint density at radius 1 is 0.900 bits per heavy atom. The predicted octanol–water partition coefficient (Wildman–Crippen LogP) is 3.47. The maximum absolute atomic E-state index is 12.5. The molecule has 20 heavy (non-hydrogen) atoms. The molecule has 2 aromatic rings. The fraction of sp³-hybridized carbons (Fsp3) is 0.0769. The van der Waals surface area contributed by atoms with E-state index < -0.39 is 26.8 Å². The minimum atomic E-state index is -4.61. The smallest absolute Gasteiger partial charge is 0.379 e. The first-order chi connectivity index (χ1) is 9.29. The van der Waals surface area contributed by atoms with E-state index >= 15 is 0 Å². The monoisotopic (exact) mass is 302 g/mol. The second kappa shape index (κ2) is 5.16. The maximum atomic E-state index is 12.5. The zero-order valence-corrected chi connectivity index (χ0v) is 10.8. The molecule has 0 saturated heterocycles. The molecular formula is C13H9F3O3S. The van der Waals surface area contributed by atoms with Crippen LogP contribution in [-0.2, 0) is 16.3 Å². The summed E-state index contributed by atoms with van der Waals surface area (Å²) in [6.45, 7) is 0. The fourth-order valence-electron chi connectivity index (χ4n) is 1.48. The van der Waals surface area contributed by atoms with Gasteiger partial charge in [-0.25, -0.2) is 0 Å². The van der Waals surface area contributed by atoms with Crippen molar-refractivity contribution in [3.8, 4) is 5.75 Å². The van der Waals surface area contributed by atoms with E-state index in [9.17, 15) is 21.6 Å². The van der Waals surface area contributed by atoms with Gasteiger partial charge in [0.05, 0.1) is 5.56 Å². The van der Waals surface area contributed by atoms with Crippen LogP contribution in [0.15, 0.2) is 59.5 Å². The summed E-state index contributed by atoms with van der Waals surface area (Å²) in [5.74, 6) is 0.0323. The summed E-state index contributed by atoms with van der Waals surface area (Å²) in [7, 11) is -4.30. The summed E-state index contributed by atoms with van der Waals surface area (Å²) in [5.41, 5.74) is -1.05. The number of rotatable bonds is 3. The van der Waals surface area contributed by atoms with Crippen molar-refractivity contribution in [3.63, 3.8) is 0 Å². The summed E-state index contributed by atoms with van der Waals surface area (Å²) in [6.07, 6.45) is -4.61. The molecule has 7 heteroatoms. The number of hydrogen-bond donors (Lipinski definition) is 0. The number of para-hydroxylation sites is 1. The first-order valence-corrected chi connectivity index (χ1v) is 6.87. The molecule has 3 nitrogen and oxygen atoms in total. The van der Waals surface area contributed by atoms with Crippen molar-refractivity contribution in [3.05, 3.63) is 60.2 Å². The normalized spacial score (nSPS) is 12.2. The summed E-state index contributed by atoms with van der Waals surface area (Å²) in [6, 6.07) is 10.9. The van der Waals surface area contributed by atoms with Gasteiger partial charge in [0.25, 0.3) is 0 Å². The number of hydrogen-bond acceptors (Lipinski definition) is 3. The Labute approximate surface area is 113 Å². The number of alkyl halides is 3. The highest BCUT2D eigenvalue weighted by atomic mass is 32.2. The lowest BCUT2D eigenvalue weighted by Crippen LogP contribution is -2.12. The standard InChI is InChI=1S/C13H9F3O3S/c14-13(15,16)10-5-4-8-12(9-10)20(17,18)19-11-6-2-1-3-7-11/h1-9H. The van der Waals surface area contributed by atoms with Crippen LogP contribution in [0.3, 0.4) is 0 Å². The van der Waals surface area contributed by atoms with Crippen LogP contribution < -0.4 is 4.18 Å². The highest BCUT2D eigenvalue weighted by molar-refractivity contribution is 7.87. The lowest BCUT2D eigenvalue weighted by Gasteiger charge is -2.10. The third-order valence-electron chi connectivity index (χ3n) is 2.40. The summed E-state index contributed by atoms with van der Waals surface area (Å²) < 4.78 is 66.2. The van der Waals surface area contributed by atoms with E-state index in [1.54, 1.807) is 18.2 Å². The third-order valence-corrected chi connectivity index (χ3v) is 3.64. The molecule has 0 radical (unpaired) electrons. The van der Waals surface area contributed by atoms with Crippen molar-refractivity contribution in [2.24, 2.45) is 0 Å². The molecule has 0 fully saturated rings. The molecule has 0 heterocycles. The summed E-state index contributed by atoms with van der Waals surface area (Å²) in [4.78, 5) is -0.545. The molecule has 0 spiro atoms. The van der Waals surface area contributed by atoms with E-state index in [-0.39, 0.29) is 5.75 Å². The van der Waals surface area contributed by atoms with Gasteiger partial charge in [0.1, 0.15) is 10.6 Å². The molecule has 0 amide bonds. The van der Waals surface area contributed by atoms with Crippen LogP contribution in [0, 0.1) is 0 Å². The van der Waals surface area contributed by atoms with E-state index in [4.69, 9.17) is 4.18 Å². The Balaban J connectivity index is 2.35. The molecular weight excluding hydrogens is 293 g/mol. The predicted molar refractivity (Wildman–Crippen MR) is 65.7 cm³/mol. The van der Waals surface area contributed by atoms with Gasteiger partial charge in [-0.3, -0.25) is 0 Å². The van der Waals surface area contributed by atoms with Crippen molar-refractivity contribution in [1.82, 2.24) is 0 Å². The Morgan fingerprint density at radius 3 is 2.15 bits per heavy atom. The van der Waals surface area contributed by atoms with Gasteiger partial charge >= 0.3 is 16.3 Å². The van der Waals surface area contributed by atoms with Gasteiger partial charge in [0.15, 0.2) is 0 Å². The quantitative estimate of drug-likeness (QED) is 0.815. The van der Waals surface area contributed by atoms with Crippen LogP contribution in [0.5, 0.6) is 5.75 Å². The molecule has 0 saturated carbocycles. The lowest BCUT2D eigenvalue weighted by molar-refractivity contribution is -0.137. The zero-order valence-electron chi connectivity index (χ0n) is 9.96. The van der Waals surface area contributed by atoms with Gasteiger partial charge < -0.3 is 4.18 Å². The van der Waals surface area contributed by atoms with Crippen LogP contribution in [0.4, 0.5) is 13.2 Å². The highest BCUT2D eigenvalue weighted by Crippen LogP contribution is 2.31. The molecule has 106 valence electrons. The lowest BCUT2D eigenvalue weighted by atomic mass is 10.2. The molecule has 0 aromatic heterocycles. The Kier molecular flexibility index (Phi) is 3.71. The average Bonchev–Trinajstić information content (AvgIpc) is 2.38. The van der Waals surface area contributed by atoms with Gasteiger partial charge in [-0.05, 0) is 30.3 Å². The van der Waals surface area contributed by atoms with Gasteiger partial charge in [0, 0.05) is 0 Å². The Bertz CT molecular complexity index is 694. The molecule has 0 N–H and O–H groups in total. The fourth-order valence-corrected chi connectivity index (χ4v) is 2.46. The summed E-state index contributed by atoms with van der Waals surface area (Å²) >= 11 is 0. The zero-order chi connectivity index (χ0) is 14.8. The first-order valence-electron chi connectivity index (χ1n) is 5.46. The molecule has 0 unspecified atom stereocenters. The van der Waals surface area contributed by atoms with E-state index in [2.05, 4.69) is 0 Å². The van der Waals surface area contributed by atoms with Crippen molar-refractivity contribution < 1.29 is 25.8 Å². The van der Waals surface area contributed by atoms with Crippen molar-refractivity contribution >= 4 is 10.1 Å². The molecule has 2 rings (SSSR count). The number of halogens is 3. The Morgan fingerprint density at radius 2 is 1.55 bits per heavy atom. The van der Waals surface area contributed by atoms with Crippen molar-refractivity contribution in [1.29, 1.82) is 0 Å². The molecule has 0 bridgehead atoms. The number of benzene rings is 2. The van der Waals surface area contributed by atoms with Crippen LogP contribution in [-0.4, -0.2) is 8.42 Å². The maximum Gasteiger partial charge on any atom is 0.416 e.